The molecule has 0 radical (unpaired) electrons. The maximum absolute atomic E-state index is 2.41. The van der Waals surface area contributed by atoms with Crippen molar-refractivity contribution >= 4 is 18.6 Å². The maximum Gasteiger partial charge on any atom is 0.425 e. The average Bonchev–Trinajstić information content (AvgIpc) is 2.80. The van der Waals surface area contributed by atoms with Crippen LogP contribution in [0.1, 0.15) is 30.7 Å². The molecule has 3 heterocycles. The summed E-state index contributed by atoms with van der Waals surface area (Å²) in [7, 11) is 2.11. The molecular weight excluding hydrogens is 245 g/mol. The van der Waals surface area contributed by atoms with Crippen molar-refractivity contribution in [3.05, 3.63) is 53.3 Å². The fraction of sp³-hybridized carbons (Fsp3) is 0.312. The molecule has 2 aliphatic heterocycles. The van der Waals surface area contributed by atoms with Crippen LogP contribution in [-0.2, 0) is 12.5 Å². The molecule has 0 N–H and O–H groups in total. The topological polar surface area (TPSA) is 12.1 Å². The number of hydrogen-bond acceptors (Lipinski definition) is 1. The van der Waals surface area contributed by atoms with Crippen LogP contribution in [-0.4, -0.2) is 11.6 Å². The number of aromatic nitrogens is 2. The second-order valence-corrected chi connectivity index (χ2v) is 6.38. The molecule has 0 atom stereocenters. The van der Waals surface area contributed by atoms with Gasteiger partial charge in [-0.2, -0.15) is 4.68 Å². The van der Waals surface area contributed by atoms with Gasteiger partial charge in [0.1, 0.15) is 24.6 Å². The predicted molar refractivity (Wildman–Crippen MR) is 82.7 cm³/mol. The highest BCUT2D eigenvalue weighted by atomic mass is 15.7. The van der Waals surface area contributed by atoms with Crippen LogP contribution >= 0.6 is 0 Å². The van der Waals surface area contributed by atoms with Gasteiger partial charge in [-0.1, -0.05) is 35.0 Å². The first kappa shape index (κ1) is 11.8. The van der Waals surface area contributed by atoms with Crippen molar-refractivity contribution in [1.29, 1.82) is 0 Å². The number of benzene rings is 1. The van der Waals surface area contributed by atoms with Crippen LogP contribution in [0.2, 0.25) is 6.82 Å². The van der Waals surface area contributed by atoms with Gasteiger partial charge in [0.15, 0.2) is 0 Å². The molecule has 4 rings (SSSR count). The third-order valence-electron chi connectivity index (χ3n) is 4.72. The van der Waals surface area contributed by atoms with Gasteiger partial charge in [-0.15, -0.1) is 0 Å². The van der Waals surface area contributed by atoms with Gasteiger partial charge >= 0.3 is 6.85 Å². The molecule has 1 aromatic heterocycles. The van der Waals surface area contributed by atoms with Crippen LogP contribution in [0.5, 0.6) is 0 Å². The summed E-state index contributed by atoms with van der Waals surface area (Å²) in [4.78, 5) is 4.73. The number of para-hydroxylation sites is 1. The van der Waals surface area contributed by atoms with Crippen molar-refractivity contribution in [1.82, 2.24) is 4.79 Å². The Morgan fingerprint density at radius 3 is 2.80 bits per heavy atom. The lowest BCUT2D eigenvalue weighted by Gasteiger charge is -2.39. The number of anilines is 1. The van der Waals surface area contributed by atoms with Gasteiger partial charge in [-0.05, 0) is 20.7 Å². The summed E-state index contributed by atoms with van der Waals surface area (Å²) in [5.41, 5.74) is 5.44. The van der Waals surface area contributed by atoms with Crippen molar-refractivity contribution in [2.24, 2.45) is 7.05 Å². The summed E-state index contributed by atoms with van der Waals surface area (Å²) in [5, 5.41) is 0. The van der Waals surface area contributed by atoms with Gasteiger partial charge < -0.3 is 0 Å². The Morgan fingerprint density at radius 1 is 1.20 bits per heavy atom. The van der Waals surface area contributed by atoms with Gasteiger partial charge in [0, 0.05) is 22.6 Å². The Balaban J connectivity index is 2.14. The quantitative estimate of drug-likeness (QED) is 0.525. The SMILES string of the molecule is CB1C=Cc2cccc3c2N1n1c(cc[n+]1C)C3(C)C. The molecule has 3 nitrogen and oxygen atoms in total. The zero-order valence-electron chi connectivity index (χ0n) is 12.5. The second kappa shape index (κ2) is 3.57. The average molecular weight is 264 g/mol. The lowest BCUT2D eigenvalue weighted by molar-refractivity contribution is -0.752. The normalized spacial score (nSPS) is 18.0. The maximum atomic E-state index is 2.41. The van der Waals surface area contributed by atoms with E-state index in [1.165, 1.54) is 22.5 Å². The van der Waals surface area contributed by atoms with Crippen molar-refractivity contribution in [3.63, 3.8) is 0 Å². The first-order valence-electron chi connectivity index (χ1n) is 7.21. The molecule has 1 aromatic carbocycles. The summed E-state index contributed by atoms with van der Waals surface area (Å²) in [5.74, 6) is 2.27. The van der Waals surface area contributed by atoms with E-state index in [4.69, 9.17) is 0 Å². The van der Waals surface area contributed by atoms with Crippen molar-refractivity contribution in [2.45, 2.75) is 26.1 Å². The summed E-state index contributed by atoms with van der Waals surface area (Å²) in [6.45, 7) is 7.24. The molecular formula is C16H19BN3+. The molecule has 0 unspecified atom stereocenters. The molecule has 0 spiro atoms. The number of nitrogens with zero attached hydrogens (tertiary/aromatic N) is 3. The highest BCUT2D eigenvalue weighted by molar-refractivity contribution is 6.68. The third-order valence-corrected chi connectivity index (χ3v) is 4.72. The first-order chi connectivity index (χ1) is 9.51. The van der Waals surface area contributed by atoms with E-state index in [9.17, 15) is 0 Å². The van der Waals surface area contributed by atoms with Gasteiger partial charge in [0.05, 0.1) is 0 Å². The highest BCUT2D eigenvalue weighted by Gasteiger charge is 2.46. The minimum Gasteiger partial charge on any atom is -0.214 e. The Bertz CT molecular complexity index is 742. The molecule has 0 fully saturated rings. The molecule has 0 bridgehead atoms. The summed E-state index contributed by atoms with van der Waals surface area (Å²) >= 11 is 0. The van der Waals surface area contributed by atoms with Crippen molar-refractivity contribution in [3.8, 4) is 0 Å². The molecule has 0 amide bonds. The predicted octanol–water partition coefficient (Wildman–Crippen LogP) is 2.41. The molecule has 20 heavy (non-hydrogen) atoms. The summed E-state index contributed by atoms with van der Waals surface area (Å²) in [6, 6.07) is 8.89. The van der Waals surface area contributed by atoms with Crippen LogP contribution in [0.25, 0.3) is 6.08 Å². The van der Waals surface area contributed by atoms with Crippen LogP contribution in [0.4, 0.5) is 5.69 Å². The number of aryl methyl sites for hydroxylation is 1. The Kier molecular flexibility index (Phi) is 2.11. The highest BCUT2D eigenvalue weighted by Crippen LogP contribution is 2.45. The molecule has 2 aliphatic rings. The largest absolute Gasteiger partial charge is 0.425 e. The minimum absolute atomic E-state index is 0.0218. The van der Waals surface area contributed by atoms with E-state index in [2.05, 4.69) is 84.6 Å². The summed E-state index contributed by atoms with van der Waals surface area (Å²) < 4.78 is 2.17. The van der Waals surface area contributed by atoms with Crippen molar-refractivity contribution < 1.29 is 4.68 Å². The summed E-state index contributed by atoms with van der Waals surface area (Å²) in [6.07, 6.45) is 4.40. The zero-order chi connectivity index (χ0) is 14.1. The van der Waals surface area contributed by atoms with Crippen LogP contribution in [0, 0.1) is 0 Å². The van der Waals surface area contributed by atoms with E-state index in [-0.39, 0.29) is 5.41 Å². The Hall–Kier alpha value is -1.97. The number of fused-ring (bicyclic) bond motifs is 2. The molecule has 100 valence electrons. The number of rotatable bonds is 0. The molecule has 0 aliphatic carbocycles. The third kappa shape index (κ3) is 1.24. The van der Waals surface area contributed by atoms with E-state index in [1.54, 1.807) is 0 Å². The van der Waals surface area contributed by atoms with E-state index in [0.29, 0.717) is 6.85 Å². The first-order valence-corrected chi connectivity index (χ1v) is 7.21. The fourth-order valence-corrected chi connectivity index (χ4v) is 3.59. The van der Waals surface area contributed by atoms with Gasteiger partial charge in [0.25, 0.3) is 0 Å². The second-order valence-electron chi connectivity index (χ2n) is 6.38. The fourth-order valence-electron chi connectivity index (χ4n) is 3.59. The Labute approximate surface area is 120 Å². The molecule has 2 aromatic rings. The Morgan fingerprint density at radius 2 is 2.00 bits per heavy atom. The van der Waals surface area contributed by atoms with Gasteiger partial charge in [0.2, 0.25) is 0 Å². The lowest BCUT2D eigenvalue weighted by Crippen LogP contribution is -2.58. The standard InChI is InChI=1S/C16H19BN3/c1-16(2)13-7-5-6-12-8-10-17(3)19(15(12)13)20-14(16)9-11-18(20)4/h5-11H,1-4H3/q+1. The molecule has 0 saturated carbocycles. The van der Waals surface area contributed by atoms with E-state index in [1.807, 2.05) is 0 Å². The smallest absolute Gasteiger partial charge is 0.214 e. The van der Waals surface area contributed by atoms with Crippen LogP contribution < -0.4 is 9.60 Å². The monoisotopic (exact) mass is 264 g/mol. The number of hydrogen-bond donors (Lipinski definition) is 0. The lowest BCUT2D eigenvalue weighted by atomic mass is 9.60. The zero-order valence-corrected chi connectivity index (χ0v) is 12.5. The van der Waals surface area contributed by atoms with E-state index < -0.39 is 0 Å². The van der Waals surface area contributed by atoms with Gasteiger partial charge in [-0.3, -0.25) is 0 Å². The van der Waals surface area contributed by atoms with E-state index >= 15 is 0 Å². The van der Waals surface area contributed by atoms with Crippen molar-refractivity contribution in [2.75, 3.05) is 4.92 Å². The molecule has 4 heteroatoms. The van der Waals surface area contributed by atoms with E-state index in [0.717, 1.165) is 0 Å². The van der Waals surface area contributed by atoms with Crippen LogP contribution in [0.3, 0.4) is 0 Å². The van der Waals surface area contributed by atoms with Gasteiger partial charge in [-0.25, -0.2) is 4.92 Å². The van der Waals surface area contributed by atoms with Crippen LogP contribution in [0.15, 0.2) is 36.4 Å². The minimum atomic E-state index is 0.0218. The molecule has 0 saturated heterocycles.